The van der Waals surface area contributed by atoms with Crippen LogP contribution in [0, 0.1) is 0 Å². The van der Waals surface area contributed by atoms with Crippen molar-refractivity contribution in [1.82, 2.24) is 5.43 Å². The Morgan fingerprint density at radius 1 is 1.05 bits per heavy atom. The van der Waals surface area contributed by atoms with Gasteiger partial charge in [-0.1, -0.05) is 49.9 Å². The molecule has 0 saturated carbocycles. The second-order valence-electron chi connectivity index (χ2n) is 5.19. The first-order valence-electron chi connectivity index (χ1n) is 7.18. The molecule has 0 fully saturated rings. The molecule has 0 radical (unpaired) electrons. The maximum Gasteiger partial charge on any atom is 0.0984 e. The topological polar surface area (TPSA) is 50.4 Å². The lowest BCUT2D eigenvalue weighted by Gasteiger charge is -2.20. The normalized spacial score (nSPS) is 13.4. The highest BCUT2D eigenvalue weighted by Gasteiger charge is 2.18. The third-order valence-electron chi connectivity index (χ3n) is 3.84. The lowest BCUT2D eigenvalue weighted by atomic mass is 9.92. The van der Waals surface area contributed by atoms with Gasteiger partial charge in [0.05, 0.1) is 11.4 Å². The molecule has 1 aliphatic heterocycles. The molecule has 21 heavy (non-hydrogen) atoms. The van der Waals surface area contributed by atoms with Crippen LogP contribution in [0.2, 0.25) is 0 Å². The second-order valence-corrected chi connectivity index (χ2v) is 5.19. The van der Waals surface area contributed by atoms with Gasteiger partial charge in [0, 0.05) is 23.2 Å². The van der Waals surface area contributed by atoms with Gasteiger partial charge >= 0.3 is 0 Å². The van der Waals surface area contributed by atoms with E-state index < -0.39 is 0 Å². The maximum atomic E-state index is 5.65. The molecule has 2 aromatic rings. The number of aryl methyl sites for hydroxylation is 1. The van der Waals surface area contributed by atoms with Crippen molar-refractivity contribution in [3.63, 3.8) is 0 Å². The van der Waals surface area contributed by atoms with Crippen molar-refractivity contribution in [1.29, 1.82) is 0 Å². The second kappa shape index (κ2) is 5.54. The van der Waals surface area contributed by atoms with Crippen LogP contribution in [-0.4, -0.2) is 5.71 Å². The monoisotopic (exact) mass is 277 g/mol. The van der Waals surface area contributed by atoms with Crippen molar-refractivity contribution in [2.24, 2.45) is 10.8 Å². The van der Waals surface area contributed by atoms with Gasteiger partial charge in [0.25, 0.3) is 0 Å². The van der Waals surface area contributed by atoms with Crippen LogP contribution in [0.4, 0.5) is 0 Å². The number of nitrogens with two attached hydrogens (primary N) is 1. The van der Waals surface area contributed by atoms with Crippen LogP contribution in [0.5, 0.6) is 0 Å². The summed E-state index contributed by atoms with van der Waals surface area (Å²) in [7, 11) is 0. The van der Waals surface area contributed by atoms with Crippen LogP contribution in [0.25, 0.3) is 5.70 Å². The van der Waals surface area contributed by atoms with Crippen LogP contribution in [0.3, 0.4) is 0 Å². The van der Waals surface area contributed by atoms with Gasteiger partial charge in [0.2, 0.25) is 0 Å². The van der Waals surface area contributed by atoms with Crippen LogP contribution >= 0.6 is 0 Å². The van der Waals surface area contributed by atoms with E-state index in [0.29, 0.717) is 6.54 Å². The van der Waals surface area contributed by atoms with Crippen LogP contribution in [-0.2, 0) is 13.0 Å². The first-order valence-corrected chi connectivity index (χ1v) is 7.18. The Morgan fingerprint density at radius 3 is 2.43 bits per heavy atom. The molecular weight excluding hydrogens is 258 g/mol. The van der Waals surface area contributed by atoms with Gasteiger partial charge < -0.3 is 5.73 Å². The standard InChI is InChI=1S/C18H19N3/c1-3-13-6-9-16-17(10-13)12(2)20-21-18(16)15-7-4-14(11-19)5-8-15/h4-10,20H,2-3,11,19H2,1H3. The van der Waals surface area contributed by atoms with E-state index in [2.05, 4.69) is 54.4 Å². The number of nitrogens with one attached hydrogen (secondary N) is 1. The number of hydrazone groups is 1. The molecule has 0 saturated heterocycles. The van der Waals surface area contributed by atoms with E-state index >= 15 is 0 Å². The van der Waals surface area contributed by atoms with Crippen molar-refractivity contribution in [3.05, 3.63) is 76.9 Å². The van der Waals surface area contributed by atoms with Crippen LogP contribution in [0.1, 0.15) is 34.7 Å². The van der Waals surface area contributed by atoms with Gasteiger partial charge in [-0.25, -0.2) is 0 Å². The predicted molar refractivity (Wildman–Crippen MR) is 88.0 cm³/mol. The molecule has 0 atom stereocenters. The largest absolute Gasteiger partial charge is 0.326 e. The number of benzene rings is 2. The molecule has 1 aliphatic rings. The quantitative estimate of drug-likeness (QED) is 0.906. The molecule has 0 bridgehead atoms. The molecule has 0 aromatic heterocycles. The summed E-state index contributed by atoms with van der Waals surface area (Å²) in [6, 6.07) is 14.7. The number of rotatable bonds is 3. The van der Waals surface area contributed by atoms with E-state index in [-0.39, 0.29) is 0 Å². The van der Waals surface area contributed by atoms with Crippen LogP contribution < -0.4 is 11.2 Å². The Kier molecular flexibility index (Phi) is 3.59. The summed E-state index contributed by atoms with van der Waals surface area (Å²) in [5, 5.41) is 4.47. The smallest absolute Gasteiger partial charge is 0.0984 e. The number of hydrogen-bond donors (Lipinski definition) is 2. The average molecular weight is 277 g/mol. The third-order valence-corrected chi connectivity index (χ3v) is 3.84. The minimum atomic E-state index is 0.554. The Bertz CT molecular complexity index is 712. The fourth-order valence-corrected chi connectivity index (χ4v) is 2.53. The summed E-state index contributed by atoms with van der Waals surface area (Å²) in [6.07, 6.45) is 1.01. The van der Waals surface area contributed by atoms with Crippen molar-refractivity contribution in [2.75, 3.05) is 0 Å². The SMILES string of the molecule is C=C1NN=C(c2ccc(CN)cc2)c2ccc(CC)cc21. The average Bonchev–Trinajstić information content (AvgIpc) is 2.55. The fraction of sp³-hybridized carbons (Fsp3) is 0.167. The van der Waals surface area contributed by atoms with Crippen molar-refractivity contribution < 1.29 is 0 Å². The molecule has 2 aromatic carbocycles. The van der Waals surface area contributed by atoms with Crippen LogP contribution in [0.15, 0.2) is 54.1 Å². The predicted octanol–water partition coefficient (Wildman–Crippen LogP) is 3.03. The van der Waals surface area contributed by atoms with Gasteiger partial charge in [-0.2, -0.15) is 5.10 Å². The van der Waals surface area contributed by atoms with E-state index in [1.807, 2.05) is 12.1 Å². The van der Waals surface area contributed by atoms with E-state index in [4.69, 9.17) is 5.73 Å². The van der Waals surface area contributed by atoms with Crippen molar-refractivity contribution in [2.45, 2.75) is 19.9 Å². The Balaban J connectivity index is 2.07. The summed E-state index contributed by atoms with van der Waals surface area (Å²) in [4.78, 5) is 0. The summed E-state index contributed by atoms with van der Waals surface area (Å²) in [5.74, 6) is 0. The maximum absolute atomic E-state index is 5.65. The summed E-state index contributed by atoms with van der Waals surface area (Å²) in [5.41, 5.74) is 16.2. The first kappa shape index (κ1) is 13.6. The molecule has 3 nitrogen and oxygen atoms in total. The lowest BCUT2D eigenvalue weighted by molar-refractivity contribution is 0.974. The molecule has 0 unspecified atom stereocenters. The van der Waals surface area contributed by atoms with Crippen molar-refractivity contribution in [3.8, 4) is 0 Å². The van der Waals surface area contributed by atoms with Gasteiger partial charge in [0.1, 0.15) is 0 Å². The number of nitrogens with zero attached hydrogens (tertiary/aromatic N) is 1. The zero-order valence-electron chi connectivity index (χ0n) is 12.2. The number of hydrogen-bond acceptors (Lipinski definition) is 3. The fourth-order valence-electron chi connectivity index (χ4n) is 2.53. The molecule has 0 aliphatic carbocycles. The van der Waals surface area contributed by atoms with Crippen molar-refractivity contribution >= 4 is 11.4 Å². The van der Waals surface area contributed by atoms with Gasteiger partial charge in [-0.05, 0) is 23.6 Å². The molecule has 3 N–H and O–H groups in total. The Hall–Kier alpha value is -2.39. The highest BCUT2D eigenvalue weighted by Crippen LogP contribution is 2.25. The Labute approximate surface area is 125 Å². The third kappa shape index (κ3) is 2.48. The van der Waals surface area contributed by atoms with Gasteiger partial charge in [-0.15, -0.1) is 0 Å². The van der Waals surface area contributed by atoms with E-state index in [9.17, 15) is 0 Å². The lowest BCUT2D eigenvalue weighted by Crippen LogP contribution is -2.20. The highest BCUT2D eigenvalue weighted by atomic mass is 15.3. The summed E-state index contributed by atoms with van der Waals surface area (Å²) >= 11 is 0. The molecular formula is C18H19N3. The molecule has 1 heterocycles. The van der Waals surface area contributed by atoms with E-state index in [0.717, 1.165) is 40.1 Å². The molecule has 106 valence electrons. The summed E-state index contributed by atoms with van der Waals surface area (Å²) in [6.45, 7) is 6.76. The summed E-state index contributed by atoms with van der Waals surface area (Å²) < 4.78 is 0. The van der Waals surface area contributed by atoms with Gasteiger partial charge in [-0.3, -0.25) is 5.43 Å². The molecule has 0 amide bonds. The minimum Gasteiger partial charge on any atom is -0.326 e. The van der Waals surface area contributed by atoms with E-state index in [1.165, 1.54) is 5.56 Å². The van der Waals surface area contributed by atoms with E-state index in [1.54, 1.807) is 0 Å². The first-order chi connectivity index (χ1) is 10.2. The highest BCUT2D eigenvalue weighted by molar-refractivity contribution is 6.16. The molecule has 3 rings (SSSR count). The zero-order chi connectivity index (χ0) is 14.8. The van der Waals surface area contributed by atoms with Gasteiger partial charge in [0.15, 0.2) is 0 Å². The zero-order valence-corrected chi connectivity index (χ0v) is 12.2. The molecule has 3 heteroatoms. The minimum absolute atomic E-state index is 0.554. The number of fused-ring (bicyclic) bond motifs is 1. The Morgan fingerprint density at radius 2 is 1.76 bits per heavy atom. The molecule has 0 spiro atoms.